The highest BCUT2D eigenvalue weighted by molar-refractivity contribution is 5.91. The molecule has 1 aromatic heterocycles. The van der Waals surface area contributed by atoms with Gasteiger partial charge in [-0.15, -0.1) is 0 Å². The van der Waals surface area contributed by atoms with Crippen LogP contribution < -0.4 is 10.9 Å². The molecule has 1 rings (SSSR count). The number of aliphatic hydroxyl groups excluding tert-OH is 1. The Hall–Kier alpha value is -1.69. The van der Waals surface area contributed by atoms with E-state index in [2.05, 4.69) is 10.4 Å². The number of amides is 1. The lowest BCUT2D eigenvalue weighted by molar-refractivity contribution is 0.0934. The number of hydrogen-bond donors (Lipinski definition) is 2. The minimum absolute atomic E-state index is 0.00468. The number of nitrogens with zero attached hydrogens (tertiary/aromatic N) is 2. The van der Waals surface area contributed by atoms with Crippen LogP contribution in [-0.4, -0.2) is 33.9 Å². The van der Waals surface area contributed by atoms with E-state index in [9.17, 15) is 9.59 Å². The van der Waals surface area contributed by atoms with Crippen molar-refractivity contribution in [3.8, 4) is 0 Å². The summed E-state index contributed by atoms with van der Waals surface area (Å²) in [5.74, 6) is -0.333. The van der Waals surface area contributed by atoms with Gasteiger partial charge in [-0.05, 0) is 18.4 Å². The molecule has 0 aliphatic carbocycles. The van der Waals surface area contributed by atoms with Gasteiger partial charge >= 0.3 is 0 Å². The SMILES string of the molecule is CCCCn1nc(C(=O)NCC(C)CO)ccc1=O. The fourth-order valence-corrected chi connectivity index (χ4v) is 1.46. The molecule has 0 radical (unpaired) electrons. The largest absolute Gasteiger partial charge is 0.396 e. The highest BCUT2D eigenvalue weighted by Crippen LogP contribution is 1.95. The van der Waals surface area contributed by atoms with Crippen molar-refractivity contribution in [2.24, 2.45) is 5.92 Å². The van der Waals surface area contributed by atoms with Crippen molar-refractivity contribution in [1.82, 2.24) is 15.1 Å². The third kappa shape index (κ3) is 4.82. The molecule has 0 bridgehead atoms. The van der Waals surface area contributed by atoms with Crippen LogP contribution in [0.1, 0.15) is 37.2 Å². The summed E-state index contributed by atoms with van der Waals surface area (Å²) in [7, 11) is 0. The van der Waals surface area contributed by atoms with Gasteiger partial charge in [0.15, 0.2) is 0 Å². The minimum atomic E-state index is -0.328. The quantitative estimate of drug-likeness (QED) is 0.749. The summed E-state index contributed by atoms with van der Waals surface area (Å²) in [6, 6.07) is 2.77. The van der Waals surface area contributed by atoms with Gasteiger partial charge in [0.2, 0.25) is 0 Å². The first-order valence-corrected chi connectivity index (χ1v) is 6.55. The molecule has 6 heteroatoms. The van der Waals surface area contributed by atoms with Crippen LogP contribution >= 0.6 is 0 Å². The van der Waals surface area contributed by atoms with Crippen molar-refractivity contribution < 1.29 is 9.90 Å². The van der Waals surface area contributed by atoms with Crippen molar-refractivity contribution in [3.63, 3.8) is 0 Å². The van der Waals surface area contributed by atoms with E-state index in [1.165, 1.54) is 16.8 Å². The summed E-state index contributed by atoms with van der Waals surface area (Å²) in [6.45, 7) is 4.77. The molecule has 106 valence electrons. The van der Waals surface area contributed by atoms with Gasteiger partial charge in [0.25, 0.3) is 11.5 Å². The normalized spacial score (nSPS) is 12.2. The van der Waals surface area contributed by atoms with Crippen molar-refractivity contribution >= 4 is 5.91 Å². The number of rotatable bonds is 7. The molecule has 1 unspecified atom stereocenters. The number of hydrogen-bond acceptors (Lipinski definition) is 4. The number of nitrogens with one attached hydrogen (secondary N) is 1. The summed E-state index contributed by atoms with van der Waals surface area (Å²) in [5.41, 5.74) is 0.0227. The molecule has 0 spiro atoms. The number of carbonyl (C=O) groups excluding carboxylic acids is 1. The molecule has 2 N–H and O–H groups in total. The molecule has 6 nitrogen and oxygen atoms in total. The summed E-state index contributed by atoms with van der Waals surface area (Å²) in [6.07, 6.45) is 1.80. The fraction of sp³-hybridized carbons (Fsp3) is 0.615. The Morgan fingerprint density at radius 3 is 2.89 bits per heavy atom. The Balaban J connectivity index is 2.72. The van der Waals surface area contributed by atoms with Gasteiger partial charge in [-0.25, -0.2) is 4.68 Å². The minimum Gasteiger partial charge on any atom is -0.396 e. The van der Waals surface area contributed by atoms with Crippen molar-refractivity contribution in [1.29, 1.82) is 0 Å². The summed E-state index contributed by atoms with van der Waals surface area (Å²) < 4.78 is 1.31. The Morgan fingerprint density at radius 2 is 2.26 bits per heavy atom. The van der Waals surface area contributed by atoms with E-state index in [-0.39, 0.29) is 29.7 Å². The average molecular weight is 267 g/mol. The zero-order valence-corrected chi connectivity index (χ0v) is 11.4. The third-order valence-corrected chi connectivity index (χ3v) is 2.75. The molecular weight excluding hydrogens is 246 g/mol. The van der Waals surface area contributed by atoms with Crippen LogP contribution in [-0.2, 0) is 6.54 Å². The maximum Gasteiger partial charge on any atom is 0.271 e. The van der Waals surface area contributed by atoms with Gasteiger partial charge in [-0.2, -0.15) is 5.10 Å². The molecule has 0 aromatic carbocycles. The van der Waals surface area contributed by atoms with Crippen LogP contribution in [0.2, 0.25) is 0 Å². The number of carbonyl (C=O) groups is 1. The number of aliphatic hydroxyl groups is 1. The molecule has 1 amide bonds. The molecular formula is C13H21N3O3. The Kier molecular flexibility index (Phi) is 6.21. The molecule has 0 fully saturated rings. The van der Waals surface area contributed by atoms with E-state index in [4.69, 9.17) is 5.11 Å². The molecule has 0 saturated carbocycles. The summed E-state index contributed by atoms with van der Waals surface area (Å²) in [5, 5.41) is 15.6. The second kappa shape index (κ2) is 7.68. The van der Waals surface area contributed by atoms with Gasteiger partial charge in [0.1, 0.15) is 5.69 Å². The number of unbranched alkanes of at least 4 members (excludes halogenated alkanes) is 1. The van der Waals surface area contributed by atoms with E-state index in [1.54, 1.807) is 0 Å². The highest BCUT2D eigenvalue weighted by Gasteiger charge is 2.10. The van der Waals surface area contributed by atoms with Gasteiger partial charge < -0.3 is 10.4 Å². The lowest BCUT2D eigenvalue weighted by Crippen LogP contribution is -2.32. The smallest absolute Gasteiger partial charge is 0.271 e. The standard InChI is InChI=1S/C13H21N3O3/c1-3-4-7-16-12(18)6-5-11(15-16)13(19)14-8-10(2)9-17/h5-6,10,17H,3-4,7-9H2,1-2H3,(H,14,19). The van der Waals surface area contributed by atoms with Gasteiger partial charge in [-0.1, -0.05) is 20.3 Å². The average Bonchev–Trinajstić information content (AvgIpc) is 2.43. The zero-order chi connectivity index (χ0) is 14.3. The summed E-state index contributed by atoms with van der Waals surface area (Å²) in [4.78, 5) is 23.4. The van der Waals surface area contributed by atoms with Gasteiger partial charge in [0, 0.05) is 25.8 Å². The first kappa shape index (κ1) is 15.4. The maximum atomic E-state index is 11.8. The molecule has 1 aromatic rings. The molecule has 0 saturated heterocycles. The Bertz CT molecular complexity index is 470. The third-order valence-electron chi connectivity index (χ3n) is 2.75. The second-order valence-electron chi connectivity index (χ2n) is 4.63. The molecule has 0 aliphatic heterocycles. The van der Waals surface area contributed by atoms with E-state index in [0.29, 0.717) is 13.1 Å². The number of aryl methyl sites for hydroxylation is 1. The fourth-order valence-electron chi connectivity index (χ4n) is 1.46. The number of aromatic nitrogens is 2. The lowest BCUT2D eigenvalue weighted by atomic mass is 10.2. The van der Waals surface area contributed by atoms with Crippen molar-refractivity contribution in [2.75, 3.05) is 13.2 Å². The van der Waals surface area contributed by atoms with Crippen LogP contribution in [0.15, 0.2) is 16.9 Å². The first-order valence-electron chi connectivity index (χ1n) is 6.55. The van der Waals surface area contributed by atoms with E-state index in [1.807, 2.05) is 13.8 Å². The highest BCUT2D eigenvalue weighted by atomic mass is 16.3. The predicted molar refractivity (Wildman–Crippen MR) is 72.0 cm³/mol. The first-order chi connectivity index (χ1) is 9.08. The topological polar surface area (TPSA) is 84.2 Å². The second-order valence-corrected chi connectivity index (χ2v) is 4.63. The van der Waals surface area contributed by atoms with Crippen molar-refractivity contribution in [3.05, 3.63) is 28.2 Å². The van der Waals surface area contributed by atoms with Crippen molar-refractivity contribution in [2.45, 2.75) is 33.2 Å². The molecule has 0 aliphatic rings. The van der Waals surface area contributed by atoms with E-state index >= 15 is 0 Å². The predicted octanol–water partition coefficient (Wildman–Crippen LogP) is 0.402. The Morgan fingerprint density at radius 1 is 1.53 bits per heavy atom. The lowest BCUT2D eigenvalue weighted by Gasteiger charge is -2.10. The van der Waals surface area contributed by atoms with Crippen LogP contribution in [0.5, 0.6) is 0 Å². The van der Waals surface area contributed by atoms with Gasteiger partial charge in [-0.3, -0.25) is 9.59 Å². The van der Waals surface area contributed by atoms with Crippen LogP contribution in [0.4, 0.5) is 0 Å². The monoisotopic (exact) mass is 267 g/mol. The molecule has 19 heavy (non-hydrogen) atoms. The summed E-state index contributed by atoms with van der Waals surface area (Å²) >= 11 is 0. The van der Waals surface area contributed by atoms with Crippen LogP contribution in [0.3, 0.4) is 0 Å². The molecule has 1 heterocycles. The van der Waals surface area contributed by atoms with Crippen LogP contribution in [0.25, 0.3) is 0 Å². The van der Waals surface area contributed by atoms with E-state index < -0.39 is 0 Å². The zero-order valence-electron chi connectivity index (χ0n) is 11.4. The Labute approximate surface area is 112 Å². The molecule has 1 atom stereocenters. The van der Waals surface area contributed by atoms with Crippen LogP contribution in [0, 0.1) is 5.92 Å². The van der Waals surface area contributed by atoms with Gasteiger partial charge in [0.05, 0.1) is 0 Å². The van der Waals surface area contributed by atoms with E-state index in [0.717, 1.165) is 12.8 Å². The maximum absolute atomic E-state index is 11.8.